The number of aryl methyl sites for hydroxylation is 1. The minimum Gasteiger partial charge on any atom is -0.497 e. The van der Waals surface area contributed by atoms with Gasteiger partial charge in [-0.15, -0.1) is 0 Å². The fraction of sp³-hybridized carbons (Fsp3) is 0.143. The Morgan fingerprint density at radius 1 is 1.04 bits per heavy atom. The van der Waals surface area contributed by atoms with E-state index in [1.54, 1.807) is 20.4 Å². The van der Waals surface area contributed by atoms with Crippen LogP contribution in [0, 0.1) is 6.92 Å². The van der Waals surface area contributed by atoms with Crippen molar-refractivity contribution >= 4 is 28.7 Å². The molecule has 0 bridgehead atoms. The predicted octanol–water partition coefficient (Wildman–Crippen LogP) is 4.32. The predicted molar refractivity (Wildman–Crippen MR) is 108 cm³/mol. The molecular weight excluding hydrogens is 342 g/mol. The second-order valence-corrected chi connectivity index (χ2v) is 5.91. The summed E-state index contributed by atoms with van der Waals surface area (Å²) >= 11 is 0. The van der Waals surface area contributed by atoms with Crippen molar-refractivity contribution in [2.75, 3.05) is 19.5 Å². The first-order chi connectivity index (χ1) is 13.1. The Balaban J connectivity index is 1.82. The molecule has 0 heterocycles. The quantitative estimate of drug-likeness (QED) is 0.524. The van der Waals surface area contributed by atoms with Gasteiger partial charge >= 0.3 is 6.03 Å². The fourth-order valence-electron chi connectivity index (χ4n) is 2.76. The number of amides is 2. The number of hydrogen-bond donors (Lipinski definition) is 2. The zero-order chi connectivity index (χ0) is 19.2. The van der Waals surface area contributed by atoms with Crippen molar-refractivity contribution in [3.63, 3.8) is 0 Å². The lowest BCUT2D eigenvalue weighted by molar-refractivity contribution is 0.252. The molecule has 3 rings (SSSR count). The van der Waals surface area contributed by atoms with E-state index in [1.807, 2.05) is 61.5 Å². The lowest BCUT2D eigenvalue weighted by Crippen LogP contribution is -2.24. The first kappa shape index (κ1) is 18.3. The summed E-state index contributed by atoms with van der Waals surface area (Å²) in [6.45, 7) is 1.92. The van der Waals surface area contributed by atoms with Gasteiger partial charge in [0.2, 0.25) is 0 Å². The van der Waals surface area contributed by atoms with Crippen LogP contribution in [-0.2, 0) is 0 Å². The molecular formula is C21H21N3O3. The molecule has 3 aromatic rings. The van der Waals surface area contributed by atoms with Gasteiger partial charge in [-0.2, -0.15) is 5.10 Å². The lowest BCUT2D eigenvalue weighted by atomic mass is 10.0. The van der Waals surface area contributed by atoms with E-state index < -0.39 is 6.03 Å². The van der Waals surface area contributed by atoms with E-state index in [2.05, 4.69) is 15.8 Å². The zero-order valence-electron chi connectivity index (χ0n) is 15.4. The summed E-state index contributed by atoms with van der Waals surface area (Å²) in [6.07, 6.45) is 1.57. The van der Waals surface area contributed by atoms with Gasteiger partial charge in [-0.1, -0.05) is 30.3 Å². The van der Waals surface area contributed by atoms with E-state index in [0.717, 1.165) is 33.3 Å². The molecule has 0 aliphatic carbocycles. The maximum absolute atomic E-state index is 12.1. The highest BCUT2D eigenvalue weighted by Crippen LogP contribution is 2.29. The average Bonchev–Trinajstić information content (AvgIpc) is 2.69. The fourth-order valence-corrected chi connectivity index (χ4v) is 2.76. The van der Waals surface area contributed by atoms with E-state index in [1.165, 1.54) is 0 Å². The van der Waals surface area contributed by atoms with Crippen LogP contribution in [0.1, 0.15) is 11.1 Å². The smallest absolute Gasteiger partial charge is 0.339 e. The molecule has 0 aliphatic rings. The van der Waals surface area contributed by atoms with Crippen molar-refractivity contribution in [2.45, 2.75) is 6.92 Å². The summed E-state index contributed by atoms with van der Waals surface area (Å²) in [6, 6.07) is 16.7. The van der Waals surface area contributed by atoms with Gasteiger partial charge in [-0.25, -0.2) is 10.2 Å². The standard InChI is InChI=1S/C21H21N3O3/c1-14-6-4-5-7-19(14)23-21(25)24-22-13-18-17-12-16(26-2)10-8-15(17)9-11-20(18)27-3/h4-13H,1-3H3,(H2,23,24,25). The molecule has 3 aromatic carbocycles. The minimum absolute atomic E-state index is 0.419. The number of nitrogens with one attached hydrogen (secondary N) is 2. The monoisotopic (exact) mass is 363 g/mol. The van der Waals surface area contributed by atoms with Gasteiger partial charge in [0.05, 0.1) is 20.4 Å². The highest BCUT2D eigenvalue weighted by atomic mass is 16.5. The molecule has 6 heteroatoms. The molecule has 138 valence electrons. The summed E-state index contributed by atoms with van der Waals surface area (Å²) < 4.78 is 10.7. The molecule has 0 atom stereocenters. The highest BCUT2D eigenvalue weighted by molar-refractivity contribution is 6.03. The Bertz CT molecular complexity index is 994. The number of hydrogen-bond acceptors (Lipinski definition) is 4. The second kappa shape index (κ2) is 8.23. The van der Waals surface area contributed by atoms with E-state index in [4.69, 9.17) is 9.47 Å². The Morgan fingerprint density at radius 2 is 1.81 bits per heavy atom. The Kier molecular flexibility index (Phi) is 5.56. The third-order valence-corrected chi connectivity index (χ3v) is 4.20. The Morgan fingerprint density at radius 3 is 2.56 bits per heavy atom. The molecule has 27 heavy (non-hydrogen) atoms. The van der Waals surface area contributed by atoms with Crippen molar-refractivity contribution in [3.05, 3.63) is 65.7 Å². The number of urea groups is 1. The molecule has 0 saturated heterocycles. The first-order valence-electron chi connectivity index (χ1n) is 8.43. The Hall–Kier alpha value is -3.54. The minimum atomic E-state index is -0.419. The topological polar surface area (TPSA) is 72.0 Å². The number of fused-ring (bicyclic) bond motifs is 1. The second-order valence-electron chi connectivity index (χ2n) is 5.91. The molecule has 0 radical (unpaired) electrons. The van der Waals surface area contributed by atoms with Crippen LogP contribution >= 0.6 is 0 Å². The van der Waals surface area contributed by atoms with Crippen molar-refractivity contribution in [1.82, 2.24) is 5.43 Å². The summed E-state index contributed by atoms with van der Waals surface area (Å²) in [7, 11) is 3.21. The lowest BCUT2D eigenvalue weighted by Gasteiger charge is -2.10. The van der Waals surface area contributed by atoms with Crippen LogP contribution in [0.5, 0.6) is 11.5 Å². The van der Waals surface area contributed by atoms with Crippen molar-refractivity contribution < 1.29 is 14.3 Å². The third kappa shape index (κ3) is 4.17. The Labute approximate surface area is 157 Å². The summed E-state index contributed by atoms with van der Waals surface area (Å²) in [4.78, 5) is 12.1. The van der Waals surface area contributed by atoms with Crippen LogP contribution < -0.4 is 20.2 Å². The number of benzene rings is 3. The average molecular weight is 363 g/mol. The van der Waals surface area contributed by atoms with E-state index in [0.29, 0.717) is 5.75 Å². The number of ether oxygens (including phenoxy) is 2. The molecule has 0 fully saturated rings. The largest absolute Gasteiger partial charge is 0.497 e. The van der Waals surface area contributed by atoms with Crippen molar-refractivity contribution in [2.24, 2.45) is 5.10 Å². The summed E-state index contributed by atoms with van der Waals surface area (Å²) in [5.41, 5.74) is 4.94. The number of methoxy groups -OCH3 is 2. The molecule has 2 amide bonds. The number of hydrazone groups is 1. The van der Waals surface area contributed by atoms with Crippen molar-refractivity contribution in [1.29, 1.82) is 0 Å². The zero-order valence-corrected chi connectivity index (χ0v) is 15.4. The maximum Gasteiger partial charge on any atom is 0.339 e. The van der Waals surface area contributed by atoms with Crippen LogP contribution in [0.4, 0.5) is 10.5 Å². The number of rotatable bonds is 5. The molecule has 0 spiro atoms. The van der Waals surface area contributed by atoms with Gasteiger partial charge < -0.3 is 14.8 Å². The van der Waals surface area contributed by atoms with E-state index >= 15 is 0 Å². The third-order valence-electron chi connectivity index (χ3n) is 4.20. The van der Waals surface area contributed by atoms with Gasteiger partial charge in [-0.05, 0) is 47.5 Å². The van der Waals surface area contributed by atoms with Crippen LogP contribution in [0.15, 0.2) is 59.7 Å². The normalized spacial score (nSPS) is 10.8. The van der Waals surface area contributed by atoms with Gasteiger partial charge in [0.25, 0.3) is 0 Å². The maximum atomic E-state index is 12.1. The molecule has 0 unspecified atom stereocenters. The molecule has 0 saturated carbocycles. The van der Waals surface area contributed by atoms with Gasteiger partial charge in [0, 0.05) is 11.3 Å². The van der Waals surface area contributed by atoms with Crippen LogP contribution in [-0.4, -0.2) is 26.5 Å². The highest BCUT2D eigenvalue weighted by Gasteiger charge is 2.08. The van der Waals surface area contributed by atoms with Crippen LogP contribution in [0.2, 0.25) is 0 Å². The van der Waals surface area contributed by atoms with E-state index in [-0.39, 0.29) is 0 Å². The number of carbonyl (C=O) groups excluding carboxylic acids is 1. The van der Waals surface area contributed by atoms with E-state index in [9.17, 15) is 4.79 Å². The summed E-state index contributed by atoms with van der Waals surface area (Å²) in [5.74, 6) is 1.39. The number of nitrogens with zero attached hydrogens (tertiary/aromatic N) is 1. The van der Waals surface area contributed by atoms with Crippen LogP contribution in [0.25, 0.3) is 10.8 Å². The molecule has 0 aliphatic heterocycles. The number of anilines is 1. The molecule has 0 aromatic heterocycles. The van der Waals surface area contributed by atoms with Gasteiger partial charge in [0.15, 0.2) is 0 Å². The van der Waals surface area contributed by atoms with Gasteiger partial charge in [0.1, 0.15) is 11.5 Å². The molecule has 2 N–H and O–H groups in total. The van der Waals surface area contributed by atoms with Crippen LogP contribution in [0.3, 0.4) is 0 Å². The van der Waals surface area contributed by atoms with Gasteiger partial charge in [-0.3, -0.25) is 0 Å². The summed E-state index contributed by atoms with van der Waals surface area (Å²) in [5, 5.41) is 8.77. The first-order valence-corrected chi connectivity index (χ1v) is 8.43. The number of carbonyl (C=O) groups is 1. The van der Waals surface area contributed by atoms with Crippen molar-refractivity contribution in [3.8, 4) is 11.5 Å². The number of para-hydroxylation sites is 1. The SMILES string of the molecule is COc1ccc2ccc(OC)c(C=NNC(=O)Nc3ccccc3C)c2c1. The molecule has 6 nitrogen and oxygen atoms in total.